The molecule has 0 saturated heterocycles. The Bertz CT molecular complexity index is 425. The topological polar surface area (TPSA) is 0 Å². The zero-order valence-electron chi connectivity index (χ0n) is 12.0. The summed E-state index contributed by atoms with van der Waals surface area (Å²) in [5.41, 5.74) is 1.19. The molecule has 1 unspecified atom stereocenters. The van der Waals surface area contributed by atoms with E-state index >= 15 is 0 Å². The van der Waals surface area contributed by atoms with E-state index in [0.29, 0.717) is 15.8 Å². The summed E-state index contributed by atoms with van der Waals surface area (Å²) in [6, 6.07) is 5.84. The van der Waals surface area contributed by atoms with E-state index in [-0.39, 0.29) is 0 Å². The molecule has 1 aliphatic rings. The van der Waals surface area contributed by atoms with Crippen molar-refractivity contribution in [3.63, 3.8) is 0 Å². The van der Waals surface area contributed by atoms with Crippen LogP contribution in [0.1, 0.15) is 62.3 Å². The van der Waals surface area contributed by atoms with Gasteiger partial charge in [-0.2, -0.15) is 0 Å². The molecule has 0 heterocycles. The summed E-state index contributed by atoms with van der Waals surface area (Å²) in [5.74, 6) is 1.65. The number of halogens is 3. The van der Waals surface area contributed by atoms with E-state index in [2.05, 4.69) is 28.9 Å². The zero-order chi connectivity index (χ0) is 14.5. The largest absolute Gasteiger partial charge is 0.0843 e. The minimum atomic E-state index is 0.361. The van der Waals surface area contributed by atoms with Crippen LogP contribution in [0.15, 0.2) is 18.2 Å². The molecule has 0 aliphatic heterocycles. The predicted molar refractivity (Wildman–Crippen MR) is 93.1 cm³/mol. The highest BCUT2D eigenvalue weighted by molar-refractivity contribution is 9.09. The smallest absolute Gasteiger partial charge is 0.0464 e. The van der Waals surface area contributed by atoms with Crippen molar-refractivity contribution in [1.29, 1.82) is 0 Å². The summed E-state index contributed by atoms with van der Waals surface area (Å²) < 4.78 is 0. The Morgan fingerprint density at radius 1 is 1.20 bits per heavy atom. The normalized spacial score (nSPS) is 24.6. The van der Waals surface area contributed by atoms with Gasteiger partial charge in [0.25, 0.3) is 0 Å². The van der Waals surface area contributed by atoms with Crippen LogP contribution in [0.5, 0.6) is 0 Å². The van der Waals surface area contributed by atoms with Gasteiger partial charge in [0.05, 0.1) is 0 Å². The van der Waals surface area contributed by atoms with Gasteiger partial charge in [-0.15, -0.1) is 0 Å². The van der Waals surface area contributed by atoms with Crippen LogP contribution in [-0.4, -0.2) is 0 Å². The van der Waals surface area contributed by atoms with E-state index < -0.39 is 0 Å². The van der Waals surface area contributed by atoms with E-state index in [0.717, 1.165) is 10.9 Å². The Morgan fingerprint density at radius 3 is 2.50 bits per heavy atom. The molecule has 1 saturated carbocycles. The number of rotatable bonds is 5. The molecule has 112 valence electrons. The van der Waals surface area contributed by atoms with Crippen molar-refractivity contribution in [2.24, 2.45) is 11.8 Å². The Labute approximate surface area is 141 Å². The highest BCUT2D eigenvalue weighted by atomic mass is 79.9. The van der Waals surface area contributed by atoms with Crippen molar-refractivity contribution in [2.75, 3.05) is 0 Å². The molecular weight excluding hydrogens is 355 g/mol. The summed E-state index contributed by atoms with van der Waals surface area (Å²) in [6.45, 7) is 2.28. The molecule has 1 fully saturated rings. The number of alkyl halides is 1. The average molecular weight is 378 g/mol. The van der Waals surface area contributed by atoms with Crippen LogP contribution in [0, 0.1) is 11.8 Å². The first-order valence-electron chi connectivity index (χ1n) is 7.70. The van der Waals surface area contributed by atoms with Crippen molar-refractivity contribution >= 4 is 39.1 Å². The van der Waals surface area contributed by atoms with Crippen LogP contribution in [0.3, 0.4) is 0 Å². The van der Waals surface area contributed by atoms with E-state index in [1.807, 2.05) is 12.1 Å². The summed E-state index contributed by atoms with van der Waals surface area (Å²) in [6.07, 6.45) is 9.48. The van der Waals surface area contributed by atoms with Gasteiger partial charge < -0.3 is 0 Å². The van der Waals surface area contributed by atoms with Gasteiger partial charge >= 0.3 is 0 Å². The molecular formula is C17H23BrCl2. The summed E-state index contributed by atoms with van der Waals surface area (Å²) in [7, 11) is 0. The molecule has 0 bridgehead atoms. The standard InChI is InChI=1S/C17H23BrCl2/c1-2-3-4-12-5-7-13(8-6-12)17(18)15-10-9-14(19)11-16(15)20/h9-13,17H,2-8H2,1H3. The maximum absolute atomic E-state index is 6.33. The molecule has 0 nitrogen and oxygen atoms in total. The summed E-state index contributed by atoms with van der Waals surface area (Å²) in [4.78, 5) is 0.361. The lowest BCUT2D eigenvalue weighted by Crippen LogP contribution is -2.18. The Kier molecular flexibility index (Phi) is 6.71. The van der Waals surface area contributed by atoms with E-state index in [9.17, 15) is 0 Å². The average Bonchev–Trinajstić information content (AvgIpc) is 2.45. The van der Waals surface area contributed by atoms with Crippen LogP contribution in [0.4, 0.5) is 0 Å². The van der Waals surface area contributed by atoms with Crippen molar-refractivity contribution in [3.05, 3.63) is 33.8 Å². The molecule has 1 aromatic rings. The summed E-state index contributed by atoms with van der Waals surface area (Å²) in [5, 5.41) is 1.49. The molecule has 3 heteroatoms. The Morgan fingerprint density at radius 2 is 1.90 bits per heavy atom. The third-order valence-corrected chi connectivity index (χ3v) is 6.33. The first-order chi connectivity index (χ1) is 9.61. The minimum Gasteiger partial charge on any atom is -0.0843 e. The molecule has 0 radical (unpaired) electrons. The molecule has 2 rings (SSSR count). The monoisotopic (exact) mass is 376 g/mol. The Balaban J connectivity index is 1.92. The first-order valence-corrected chi connectivity index (χ1v) is 9.38. The molecule has 0 amide bonds. The fourth-order valence-electron chi connectivity index (χ4n) is 3.24. The highest BCUT2D eigenvalue weighted by Crippen LogP contribution is 2.44. The second kappa shape index (κ2) is 8.06. The van der Waals surface area contributed by atoms with E-state index in [1.54, 1.807) is 0 Å². The zero-order valence-corrected chi connectivity index (χ0v) is 15.1. The maximum Gasteiger partial charge on any atom is 0.0464 e. The van der Waals surface area contributed by atoms with Gasteiger partial charge in [0.15, 0.2) is 0 Å². The molecule has 0 spiro atoms. The van der Waals surface area contributed by atoms with Gasteiger partial charge in [-0.05, 0) is 42.4 Å². The van der Waals surface area contributed by atoms with Crippen LogP contribution < -0.4 is 0 Å². The molecule has 0 aromatic heterocycles. The molecule has 1 aromatic carbocycles. The van der Waals surface area contributed by atoms with Crippen LogP contribution >= 0.6 is 39.1 Å². The van der Waals surface area contributed by atoms with Crippen LogP contribution in [0.25, 0.3) is 0 Å². The van der Waals surface area contributed by atoms with Crippen LogP contribution in [0.2, 0.25) is 10.0 Å². The Hall–Kier alpha value is 0.280. The van der Waals surface area contributed by atoms with E-state index in [1.165, 1.54) is 50.5 Å². The van der Waals surface area contributed by atoms with Crippen molar-refractivity contribution in [2.45, 2.75) is 56.7 Å². The maximum atomic E-state index is 6.33. The summed E-state index contributed by atoms with van der Waals surface area (Å²) >= 11 is 16.2. The molecule has 20 heavy (non-hydrogen) atoms. The second-order valence-corrected chi connectivity index (χ2v) is 7.82. The SMILES string of the molecule is CCCCC1CCC(C(Br)c2ccc(Cl)cc2Cl)CC1. The lowest BCUT2D eigenvalue weighted by atomic mass is 9.77. The molecule has 1 aliphatic carbocycles. The van der Waals surface area contributed by atoms with Gasteiger partial charge in [0.2, 0.25) is 0 Å². The molecule has 0 N–H and O–H groups in total. The fourth-order valence-corrected chi connectivity index (χ4v) is 4.83. The van der Waals surface area contributed by atoms with Crippen molar-refractivity contribution < 1.29 is 0 Å². The minimum absolute atomic E-state index is 0.361. The van der Waals surface area contributed by atoms with Gasteiger partial charge in [0.1, 0.15) is 0 Å². The number of benzene rings is 1. The first kappa shape index (κ1) is 16.6. The lowest BCUT2D eigenvalue weighted by molar-refractivity contribution is 0.257. The number of unbranched alkanes of at least 4 members (excludes halogenated alkanes) is 1. The second-order valence-electron chi connectivity index (χ2n) is 5.99. The fraction of sp³-hybridized carbons (Fsp3) is 0.647. The quantitative estimate of drug-likeness (QED) is 0.468. The van der Waals surface area contributed by atoms with Crippen molar-refractivity contribution in [1.82, 2.24) is 0 Å². The number of hydrogen-bond donors (Lipinski definition) is 0. The van der Waals surface area contributed by atoms with Crippen molar-refractivity contribution in [3.8, 4) is 0 Å². The van der Waals surface area contributed by atoms with E-state index in [4.69, 9.17) is 23.2 Å². The predicted octanol–water partition coefficient (Wildman–Crippen LogP) is 7.43. The third-order valence-electron chi connectivity index (χ3n) is 4.53. The number of hydrogen-bond acceptors (Lipinski definition) is 0. The van der Waals surface area contributed by atoms with Gasteiger partial charge in [-0.1, -0.05) is 84.2 Å². The third kappa shape index (κ3) is 4.39. The van der Waals surface area contributed by atoms with Crippen LogP contribution in [-0.2, 0) is 0 Å². The van der Waals surface area contributed by atoms with Gasteiger partial charge in [-0.25, -0.2) is 0 Å². The highest BCUT2D eigenvalue weighted by Gasteiger charge is 2.27. The lowest BCUT2D eigenvalue weighted by Gasteiger charge is -2.32. The van der Waals surface area contributed by atoms with Gasteiger partial charge in [0, 0.05) is 14.9 Å². The van der Waals surface area contributed by atoms with Gasteiger partial charge in [-0.3, -0.25) is 0 Å². The molecule has 1 atom stereocenters.